The molecule has 0 aliphatic carbocycles. The number of ether oxygens (including phenoxy) is 2. The van der Waals surface area contributed by atoms with Crippen LogP contribution in [0.3, 0.4) is 0 Å². The van der Waals surface area contributed by atoms with Crippen LogP contribution < -0.4 is 9.64 Å². The molecule has 4 heterocycles. The number of piperidine rings is 1. The zero-order valence-electron chi connectivity index (χ0n) is 20.8. The first kappa shape index (κ1) is 24.9. The second-order valence-electron chi connectivity index (χ2n) is 10.2. The van der Waals surface area contributed by atoms with Crippen molar-refractivity contribution in [3.63, 3.8) is 0 Å². The number of hydrogen-bond donors (Lipinski definition) is 2. The summed E-state index contributed by atoms with van der Waals surface area (Å²) in [5.41, 5.74) is 3.73. The molecule has 1 aromatic carbocycles. The van der Waals surface area contributed by atoms with Crippen LogP contribution in [-0.2, 0) is 9.53 Å². The fraction of sp³-hybridized carbons (Fsp3) is 0.481. The summed E-state index contributed by atoms with van der Waals surface area (Å²) in [7, 11) is 0. The molecule has 9 heteroatoms. The van der Waals surface area contributed by atoms with E-state index in [-0.39, 0.29) is 18.6 Å². The van der Waals surface area contributed by atoms with Gasteiger partial charge in [0.15, 0.2) is 5.88 Å². The number of carbonyl (C=O) groups is 1. The highest BCUT2D eigenvalue weighted by atomic mass is 35.5. The number of halogens is 1. The third-order valence-corrected chi connectivity index (χ3v) is 7.33. The van der Waals surface area contributed by atoms with Gasteiger partial charge in [0.25, 0.3) is 0 Å². The largest absolute Gasteiger partial charge is 0.475 e. The van der Waals surface area contributed by atoms with E-state index in [0.717, 1.165) is 61.4 Å². The molecule has 192 valence electrons. The van der Waals surface area contributed by atoms with Crippen molar-refractivity contribution in [1.82, 2.24) is 14.9 Å². The van der Waals surface area contributed by atoms with Crippen molar-refractivity contribution in [2.45, 2.75) is 32.8 Å². The molecule has 0 radical (unpaired) electrons. The Hall–Kier alpha value is -2.81. The standard InChI is InChI=1S/C27H33ClN4O4/c1-27(2,17-33)26(34)32-9-7-20(8-10-32)36-24-16-23-22(29-24)15-21(28)25(30-23)18-3-5-19(6-4-18)31-11-13-35-14-12-31/h3-6,15-16,20,29,33H,7-14,17H2,1-2H3. The number of aliphatic hydroxyl groups excluding tert-OH is 1. The monoisotopic (exact) mass is 512 g/mol. The van der Waals surface area contributed by atoms with Crippen LogP contribution in [0.2, 0.25) is 5.02 Å². The first-order valence-corrected chi connectivity index (χ1v) is 12.9. The number of nitrogens with zero attached hydrogens (tertiary/aromatic N) is 3. The van der Waals surface area contributed by atoms with Crippen molar-refractivity contribution < 1.29 is 19.4 Å². The van der Waals surface area contributed by atoms with Crippen LogP contribution in [0, 0.1) is 5.41 Å². The molecule has 2 aromatic heterocycles. The zero-order valence-corrected chi connectivity index (χ0v) is 21.6. The number of carbonyl (C=O) groups excluding carboxylic acids is 1. The number of aromatic amines is 1. The number of hydrogen-bond acceptors (Lipinski definition) is 6. The summed E-state index contributed by atoms with van der Waals surface area (Å²) < 4.78 is 11.7. The number of nitrogens with one attached hydrogen (secondary N) is 1. The first-order valence-electron chi connectivity index (χ1n) is 12.5. The molecule has 0 bridgehead atoms. The third-order valence-electron chi connectivity index (χ3n) is 7.05. The van der Waals surface area contributed by atoms with Gasteiger partial charge in [-0.3, -0.25) is 4.79 Å². The van der Waals surface area contributed by atoms with Gasteiger partial charge in [0.1, 0.15) is 6.10 Å². The van der Waals surface area contributed by atoms with Crippen molar-refractivity contribution in [3.8, 4) is 17.1 Å². The van der Waals surface area contributed by atoms with Gasteiger partial charge in [-0.05, 0) is 32.0 Å². The minimum Gasteiger partial charge on any atom is -0.475 e. The summed E-state index contributed by atoms with van der Waals surface area (Å²) in [6, 6.07) is 12.1. The van der Waals surface area contributed by atoms with Gasteiger partial charge in [0, 0.05) is 56.3 Å². The van der Waals surface area contributed by atoms with Crippen LogP contribution in [0.1, 0.15) is 26.7 Å². The number of benzene rings is 1. The zero-order chi connectivity index (χ0) is 25.3. The molecule has 8 nitrogen and oxygen atoms in total. The molecule has 3 aromatic rings. The fourth-order valence-electron chi connectivity index (χ4n) is 4.78. The van der Waals surface area contributed by atoms with Gasteiger partial charge in [0.05, 0.1) is 47.0 Å². The van der Waals surface area contributed by atoms with E-state index in [0.29, 0.717) is 24.0 Å². The molecule has 2 N–H and O–H groups in total. The van der Waals surface area contributed by atoms with E-state index in [9.17, 15) is 9.90 Å². The highest BCUT2D eigenvalue weighted by Crippen LogP contribution is 2.33. The van der Waals surface area contributed by atoms with E-state index in [1.807, 2.05) is 17.0 Å². The number of anilines is 1. The number of aliphatic hydroxyl groups is 1. The highest BCUT2D eigenvalue weighted by molar-refractivity contribution is 6.33. The molecule has 2 aliphatic heterocycles. The molecular formula is C27H33ClN4O4. The minimum absolute atomic E-state index is 0.00188. The van der Waals surface area contributed by atoms with Gasteiger partial charge in [0.2, 0.25) is 5.91 Å². The van der Waals surface area contributed by atoms with E-state index in [2.05, 4.69) is 34.1 Å². The summed E-state index contributed by atoms with van der Waals surface area (Å²) >= 11 is 6.62. The number of H-pyrrole nitrogens is 1. The van der Waals surface area contributed by atoms with Gasteiger partial charge in [-0.25, -0.2) is 4.98 Å². The lowest BCUT2D eigenvalue weighted by atomic mass is 9.91. The number of pyridine rings is 1. The van der Waals surface area contributed by atoms with Crippen molar-refractivity contribution in [3.05, 3.63) is 41.4 Å². The highest BCUT2D eigenvalue weighted by Gasteiger charge is 2.34. The van der Waals surface area contributed by atoms with E-state index in [4.69, 9.17) is 26.1 Å². The number of aromatic nitrogens is 2. The first-order chi connectivity index (χ1) is 17.3. The predicted molar refractivity (Wildman–Crippen MR) is 141 cm³/mol. The lowest BCUT2D eigenvalue weighted by molar-refractivity contribution is -0.144. The molecule has 2 fully saturated rings. The van der Waals surface area contributed by atoms with Crippen molar-refractivity contribution in [2.24, 2.45) is 5.41 Å². The Kier molecular flexibility index (Phi) is 7.10. The Morgan fingerprint density at radius 2 is 1.86 bits per heavy atom. The topological polar surface area (TPSA) is 90.9 Å². The number of rotatable bonds is 6. The predicted octanol–water partition coefficient (Wildman–Crippen LogP) is 4.11. The Morgan fingerprint density at radius 3 is 2.53 bits per heavy atom. The van der Waals surface area contributed by atoms with Gasteiger partial charge in [-0.15, -0.1) is 0 Å². The SMILES string of the molecule is CC(C)(CO)C(=O)N1CCC(Oc2cc3nc(-c4ccc(N5CCOCC5)cc4)c(Cl)cc3[nH]2)CC1. The van der Waals surface area contributed by atoms with E-state index >= 15 is 0 Å². The van der Waals surface area contributed by atoms with Gasteiger partial charge < -0.3 is 29.4 Å². The third kappa shape index (κ3) is 5.16. The number of amides is 1. The molecular weight excluding hydrogens is 480 g/mol. The summed E-state index contributed by atoms with van der Waals surface area (Å²) in [5.74, 6) is 0.632. The maximum atomic E-state index is 12.6. The molecule has 2 saturated heterocycles. The van der Waals surface area contributed by atoms with Crippen molar-refractivity contribution >= 4 is 34.2 Å². The van der Waals surface area contributed by atoms with Gasteiger partial charge >= 0.3 is 0 Å². The Morgan fingerprint density at radius 1 is 1.17 bits per heavy atom. The van der Waals surface area contributed by atoms with E-state index in [1.54, 1.807) is 13.8 Å². The average Bonchev–Trinajstić information content (AvgIpc) is 3.29. The quantitative estimate of drug-likeness (QED) is 0.516. The number of likely N-dealkylation sites (tertiary alicyclic amines) is 1. The summed E-state index contributed by atoms with van der Waals surface area (Å²) in [6.45, 7) is 7.90. The van der Waals surface area contributed by atoms with Crippen LogP contribution in [-0.4, -0.2) is 78.0 Å². The van der Waals surface area contributed by atoms with Crippen LogP contribution in [0.25, 0.3) is 22.3 Å². The molecule has 1 amide bonds. The second-order valence-corrected chi connectivity index (χ2v) is 10.6. The Bertz CT molecular complexity index is 1210. The molecule has 36 heavy (non-hydrogen) atoms. The second kappa shape index (κ2) is 10.3. The smallest absolute Gasteiger partial charge is 0.230 e. The normalized spacial score (nSPS) is 17.6. The van der Waals surface area contributed by atoms with Gasteiger partial charge in [-0.2, -0.15) is 0 Å². The number of fused-ring (bicyclic) bond motifs is 1. The molecule has 0 spiro atoms. The van der Waals surface area contributed by atoms with Crippen molar-refractivity contribution in [2.75, 3.05) is 50.9 Å². The minimum atomic E-state index is -0.754. The van der Waals surface area contributed by atoms with E-state index < -0.39 is 5.41 Å². The molecule has 2 aliphatic rings. The maximum absolute atomic E-state index is 12.6. The van der Waals surface area contributed by atoms with E-state index in [1.165, 1.54) is 5.69 Å². The maximum Gasteiger partial charge on any atom is 0.230 e. The molecule has 0 atom stereocenters. The fourth-order valence-corrected chi connectivity index (χ4v) is 5.04. The van der Waals surface area contributed by atoms with Gasteiger partial charge in [-0.1, -0.05) is 23.7 Å². The van der Waals surface area contributed by atoms with Crippen LogP contribution >= 0.6 is 11.6 Å². The van der Waals surface area contributed by atoms with Crippen LogP contribution in [0.5, 0.6) is 5.88 Å². The number of morpholine rings is 1. The summed E-state index contributed by atoms with van der Waals surface area (Å²) in [4.78, 5) is 24.8. The van der Waals surface area contributed by atoms with Crippen molar-refractivity contribution in [1.29, 1.82) is 0 Å². The average molecular weight is 513 g/mol. The Balaban J connectivity index is 1.26. The van der Waals surface area contributed by atoms with Crippen LogP contribution in [0.4, 0.5) is 5.69 Å². The lowest BCUT2D eigenvalue weighted by Crippen LogP contribution is -2.48. The summed E-state index contributed by atoms with van der Waals surface area (Å²) in [6.07, 6.45) is 1.47. The molecule has 5 rings (SSSR count). The molecule has 0 unspecified atom stereocenters. The Labute approximate surface area is 216 Å². The lowest BCUT2D eigenvalue weighted by Gasteiger charge is -2.36. The summed E-state index contributed by atoms with van der Waals surface area (Å²) in [5, 5.41) is 10.1. The van der Waals surface area contributed by atoms with Crippen LogP contribution in [0.15, 0.2) is 36.4 Å². The molecule has 0 saturated carbocycles.